The Bertz CT molecular complexity index is 845. The van der Waals surface area contributed by atoms with Gasteiger partial charge in [0.05, 0.1) is 17.4 Å². The molecular formula is C21H22N2O3. The number of nitrogens with zero attached hydrogens (tertiary/aromatic N) is 2. The summed E-state index contributed by atoms with van der Waals surface area (Å²) in [5, 5.41) is 11.3. The van der Waals surface area contributed by atoms with Crippen molar-refractivity contribution < 1.29 is 9.72 Å². The molecule has 1 fully saturated rings. The fourth-order valence-electron chi connectivity index (χ4n) is 4.09. The van der Waals surface area contributed by atoms with Gasteiger partial charge in [0.15, 0.2) is 0 Å². The molecule has 2 aliphatic rings. The van der Waals surface area contributed by atoms with Crippen molar-refractivity contribution in [3.8, 4) is 0 Å². The second-order valence-corrected chi connectivity index (χ2v) is 7.20. The zero-order valence-corrected chi connectivity index (χ0v) is 14.6. The quantitative estimate of drug-likeness (QED) is 0.599. The number of amides is 1. The van der Waals surface area contributed by atoms with Crippen molar-refractivity contribution in [2.45, 2.75) is 50.6 Å². The van der Waals surface area contributed by atoms with Gasteiger partial charge in [-0.3, -0.25) is 14.9 Å². The zero-order valence-electron chi connectivity index (χ0n) is 14.6. The maximum atomic E-state index is 13.2. The van der Waals surface area contributed by atoms with E-state index in [0.29, 0.717) is 5.56 Å². The smallest absolute Gasteiger partial charge is 0.273 e. The van der Waals surface area contributed by atoms with E-state index in [2.05, 4.69) is 18.2 Å². The lowest BCUT2D eigenvalue weighted by Gasteiger charge is -2.36. The number of aryl methyl sites for hydroxylation is 1. The molecule has 26 heavy (non-hydrogen) atoms. The Morgan fingerprint density at radius 2 is 1.81 bits per heavy atom. The van der Waals surface area contributed by atoms with Gasteiger partial charge in [-0.1, -0.05) is 42.5 Å². The van der Waals surface area contributed by atoms with Gasteiger partial charge in [0.2, 0.25) is 5.91 Å². The van der Waals surface area contributed by atoms with E-state index in [0.717, 1.165) is 32.1 Å². The third-order valence-electron chi connectivity index (χ3n) is 5.43. The van der Waals surface area contributed by atoms with Crippen LogP contribution in [0, 0.1) is 10.1 Å². The van der Waals surface area contributed by atoms with Crippen molar-refractivity contribution in [2.24, 2.45) is 0 Å². The Balaban J connectivity index is 1.62. The van der Waals surface area contributed by atoms with Crippen LogP contribution in [0.3, 0.4) is 0 Å². The number of fused-ring (bicyclic) bond motifs is 1. The average Bonchev–Trinajstić information content (AvgIpc) is 3.47. The Kier molecular flexibility index (Phi) is 4.45. The minimum atomic E-state index is -0.403. The molecule has 5 nitrogen and oxygen atoms in total. The topological polar surface area (TPSA) is 63.4 Å². The molecule has 0 bridgehead atoms. The van der Waals surface area contributed by atoms with Crippen LogP contribution in [0.5, 0.6) is 0 Å². The number of hydrogen-bond donors (Lipinski definition) is 0. The van der Waals surface area contributed by atoms with Gasteiger partial charge in [0.25, 0.3) is 5.69 Å². The van der Waals surface area contributed by atoms with Gasteiger partial charge < -0.3 is 4.90 Å². The van der Waals surface area contributed by atoms with E-state index < -0.39 is 4.92 Å². The van der Waals surface area contributed by atoms with E-state index in [4.69, 9.17) is 0 Å². The van der Waals surface area contributed by atoms with E-state index in [-0.39, 0.29) is 30.1 Å². The molecule has 0 radical (unpaired) electrons. The molecule has 0 heterocycles. The summed E-state index contributed by atoms with van der Waals surface area (Å²) in [6.45, 7) is 0. The summed E-state index contributed by atoms with van der Waals surface area (Å²) in [6, 6.07) is 15.3. The fraction of sp³-hybridized carbons (Fsp3) is 0.381. The summed E-state index contributed by atoms with van der Waals surface area (Å²) in [6.07, 6.45) is 5.25. The largest absolute Gasteiger partial charge is 0.332 e. The molecule has 2 aromatic carbocycles. The predicted molar refractivity (Wildman–Crippen MR) is 98.8 cm³/mol. The number of benzene rings is 2. The van der Waals surface area contributed by atoms with E-state index >= 15 is 0 Å². The summed E-state index contributed by atoms with van der Waals surface area (Å²) >= 11 is 0. The average molecular weight is 350 g/mol. The van der Waals surface area contributed by atoms with Crippen LogP contribution in [-0.4, -0.2) is 21.8 Å². The molecule has 0 spiro atoms. The Hall–Kier alpha value is -2.69. The highest BCUT2D eigenvalue weighted by molar-refractivity contribution is 5.81. The number of para-hydroxylation sites is 1. The van der Waals surface area contributed by atoms with Gasteiger partial charge in [-0.05, 0) is 43.2 Å². The van der Waals surface area contributed by atoms with Crippen molar-refractivity contribution in [1.82, 2.24) is 4.90 Å². The molecule has 2 aromatic rings. The third kappa shape index (κ3) is 3.21. The highest BCUT2D eigenvalue weighted by atomic mass is 16.6. The van der Waals surface area contributed by atoms with E-state index in [1.54, 1.807) is 18.2 Å². The highest BCUT2D eigenvalue weighted by Gasteiger charge is 2.39. The van der Waals surface area contributed by atoms with Crippen molar-refractivity contribution >= 4 is 11.6 Å². The lowest BCUT2D eigenvalue weighted by atomic mass is 9.86. The van der Waals surface area contributed by atoms with Crippen molar-refractivity contribution in [3.63, 3.8) is 0 Å². The van der Waals surface area contributed by atoms with E-state index in [1.165, 1.54) is 17.2 Å². The first kappa shape index (κ1) is 16.8. The van der Waals surface area contributed by atoms with Gasteiger partial charge in [0, 0.05) is 17.7 Å². The molecule has 134 valence electrons. The van der Waals surface area contributed by atoms with E-state index in [9.17, 15) is 14.9 Å². The molecule has 0 aliphatic heterocycles. The molecule has 0 N–H and O–H groups in total. The second kappa shape index (κ2) is 6.90. The highest BCUT2D eigenvalue weighted by Crippen LogP contribution is 2.41. The fourth-order valence-corrected chi connectivity index (χ4v) is 4.09. The molecule has 1 unspecified atom stereocenters. The lowest BCUT2D eigenvalue weighted by Crippen LogP contribution is -2.39. The number of nitro benzene ring substituents is 1. The van der Waals surface area contributed by atoms with E-state index in [1.807, 2.05) is 11.0 Å². The number of nitro groups is 1. The van der Waals surface area contributed by atoms with Crippen molar-refractivity contribution in [1.29, 1.82) is 0 Å². The maximum Gasteiger partial charge on any atom is 0.273 e. The summed E-state index contributed by atoms with van der Waals surface area (Å²) in [5.74, 6) is 0.00324. The van der Waals surface area contributed by atoms with Gasteiger partial charge in [-0.2, -0.15) is 0 Å². The number of rotatable bonds is 5. The normalized spacial score (nSPS) is 18.8. The van der Waals surface area contributed by atoms with Crippen LogP contribution in [0.25, 0.3) is 0 Å². The van der Waals surface area contributed by atoms with Crippen LogP contribution in [0.15, 0.2) is 48.5 Å². The number of hydrogen-bond acceptors (Lipinski definition) is 3. The van der Waals surface area contributed by atoms with Crippen LogP contribution in [0.1, 0.15) is 48.4 Å². The second-order valence-electron chi connectivity index (χ2n) is 7.20. The monoisotopic (exact) mass is 350 g/mol. The summed E-state index contributed by atoms with van der Waals surface area (Å²) in [4.78, 5) is 26.1. The van der Waals surface area contributed by atoms with Crippen LogP contribution < -0.4 is 0 Å². The Labute approximate surface area is 152 Å². The van der Waals surface area contributed by atoms with Gasteiger partial charge in [-0.25, -0.2) is 0 Å². The summed E-state index contributed by atoms with van der Waals surface area (Å²) in [5.41, 5.74) is 3.10. The zero-order chi connectivity index (χ0) is 18.1. The van der Waals surface area contributed by atoms with Gasteiger partial charge >= 0.3 is 0 Å². The first-order valence-electron chi connectivity index (χ1n) is 9.26. The molecule has 1 saturated carbocycles. The minimum Gasteiger partial charge on any atom is -0.332 e. The molecule has 0 saturated heterocycles. The number of carbonyl (C=O) groups is 1. The molecule has 5 heteroatoms. The maximum absolute atomic E-state index is 13.2. The van der Waals surface area contributed by atoms with Crippen LogP contribution in [-0.2, 0) is 17.6 Å². The molecule has 4 rings (SSSR count). The summed E-state index contributed by atoms with van der Waals surface area (Å²) in [7, 11) is 0. The van der Waals surface area contributed by atoms with Crippen LogP contribution in [0.2, 0.25) is 0 Å². The molecule has 1 atom stereocenters. The number of carbonyl (C=O) groups excluding carboxylic acids is 1. The van der Waals surface area contributed by atoms with Gasteiger partial charge in [0.1, 0.15) is 0 Å². The predicted octanol–water partition coefficient (Wildman–Crippen LogP) is 4.21. The Morgan fingerprint density at radius 1 is 1.08 bits per heavy atom. The SMILES string of the molecule is O=C(Cc1ccccc1[N+](=O)[O-])N(C1CC1)C1CCCc2ccccc21. The molecule has 1 amide bonds. The van der Waals surface area contributed by atoms with Gasteiger partial charge in [-0.15, -0.1) is 0 Å². The molecule has 2 aliphatic carbocycles. The first-order chi connectivity index (χ1) is 12.6. The van der Waals surface area contributed by atoms with Crippen molar-refractivity contribution in [3.05, 3.63) is 75.3 Å². The molecular weight excluding hydrogens is 328 g/mol. The first-order valence-corrected chi connectivity index (χ1v) is 9.26. The lowest BCUT2D eigenvalue weighted by molar-refractivity contribution is -0.385. The van der Waals surface area contributed by atoms with Crippen LogP contribution in [0.4, 0.5) is 5.69 Å². The molecule has 0 aromatic heterocycles. The Morgan fingerprint density at radius 3 is 2.58 bits per heavy atom. The summed E-state index contributed by atoms with van der Waals surface area (Å²) < 4.78 is 0. The van der Waals surface area contributed by atoms with Crippen molar-refractivity contribution in [2.75, 3.05) is 0 Å². The third-order valence-corrected chi connectivity index (χ3v) is 5.43. The van der Waals surface area contributed by atoms with Crippen LogP contribution >= 0.6 is 0 Å². The minimum absolute atomic E-state index is 0.00324. The standard InChI is InChI=1S/C21H22N2O3/c24-21(14-16-7-2-4-10-19(16)23(25)26)22(17-12-13-17)20-11-5-8-15-6-1-3-9-18(15)20/h1-4,6-7,9-10,17,20H,5,8,11-14H2.